The van der Waals surface area contributed by atoms with Crippen molar-refractivity contribution in [3.63, 3.8) is 0 Å². The lowest BCUT2D eigenvalue weighted by molar-refractivity contribution is 0.355. The predicted octanol–water partition coefficient (Wildman–Crippen LogP) is 1.22. The SMILES string of the molecule is Cc1cnnc(N2CC3CNCC3C2(C)C)c1. The van der Waals surface area contributed by atoms with Crippen LogP contribution in [-0.4, -0.2) is 35.4 Å². The molecule has 1 N–H and O–H groups in total. The Hall–Kier alpha value is -1.16. The van der Waals surface area contributed by atoms with Crippen LogP contribution in [0.4, 0.5) is 5.82 Å². The molecule has 0 aromatic carbocycles. The lowest BCUT2D eigenvalue weighted by Crippen LogP contribution is -2.45. The molecule has 3 rings (SSSR count). The van der Waals surface area contributed by atoms with Gasteiger partial charge in [-0.1, -0.05) is 0 Å². The van der Waals surface area contributed by atoms with Gasteiger partial charge in [-0.15, -0.1) is 5.10 Å². The van der Waals surface area contributed by atoms with Gasteiger partial charge in [0.25, 0.3) is 0 Å². The fraction of sp³-hybridized carbons (Fsp3) is 0.692. The van der Waals surface area contributed by atoms with Gasteiger partial charge in [0, 0.05) is 25.2 Å². The number of aromatic nitrogens is 2. The van der Waals surface area contributed by atoms with Crippen molar-refractivity contribution in [2.75, 3.05) is 24.5 Å². The van der Waals surface area contributed by atoms with E-state index in [4.69, 9.17) is 0 Å². The molecule has 17 heavy (non-hydrogen) atoms. The Morgan fingerprint density at radius 2 is 2.24 bits per heavy atom. The molecule has 2 aliphatic rings. The molecule has 2 saturated heterocycles. The van der Waals surface area contributed by atoms with Crippen molar-refractivity contribution in [3.05, 3.63) is 17.8 Å². The Kier molecular flexibility index (Phi) is 2.36. The summed E-state index contributed by atoms with van der Waals surface area (Å²) in [5, 5.41) is 11.9. The number of aryl methyl sites for hydroxylation is 1. The molecule has 92 valence electrons. The number of hydrogen-bond donors (Lipinski definition) is 1. The zero-order valence-electron chi connectivity index (χ0n) is 10.8. The third kappa shape index (κ3) is 1.62. The zero-order chi connectivity index (χ0) is 12.0. The highest BCUT2D eigenvalue weighted by molar-refractivity contribution is 5.45. The van der Waals surface area contributed by atoms with E-state index < -0.39 is 0 Å². The van der Waals surface area contributed by atoms with Gasteiger partial charge in [-0.05, 0) is 44.2 Å². The number of rotatable bonds is 1. The molecule has 1 aromatic heterocycles. The second-order valence-electron chi connectivity index (χ2n) is 5.88. The first kappa shape index (κ1) is 11.0. The first-order valence-corrected chi connectivity index (χ1v) is 6.37. The Labute approximate surface area is 102 Å². The number of fused-ring (bicyclic) bond motifs is 1. The molecule has 2 fully saturated rings. The predicted molar refractivity (Wildman–Crippen MR) is 68.0 cm³/mol. The van der Waals surface area contributed by atoms with Crippen LogP contribution >= 0.6 is 0 Å². The summed E-state index contributed by atoms with van der Waals surface area (Å²) in [5.74, 6) is 2.52. The van der Waals surface area contributed by atoms with Crippen LogP contribution in [0.2, 0.25) is 0 Å². The third-order valence-corrected chi connectivity index (χ3v) is 4.41. The van der Waals surface area contributed by atoms with Crippen molar-refractivity contribution in [3.8, 4) is 0 Å². The van der Waals surface area contributed by atoms with Gasteiger partial charge in [-0.25, -0.2) is 0 Å². The molecule has 2 unspecified atom stereocenters. The summed E-state index contributed by atoms with van der Waals surface area (Å²) >= 11 is 0. The van der Waals surface area contributed by atoms with Gasteiger partial charge in [0.05, 0.1) is 6.20 Å². The lowest BCUT2D eigenvalue weighted by atomic mass is 9.85. The molecule has 4 heteroatoms. The molecule has 3 heterocycles. The van der Waals surface area contributed by atoms with Crippen molar-refractivity contribution < 1.29 is 0 Å². The van der Waals surface area contributed by atoms with E-state index in [-0.39, 0.29) is 5.54 Å². The quantitative estimate of drug-likeness (QED) is 0.790. The van der Waals surface area contributed by atoms with Crippen LogP contribution in [-0.2, 0) is 0 Å². The van der Waals surface area contributed by atoms with Crippen molar-refractivity contribution >= 4 is 5.82 Å². The van der Waals surface area contributed by atoms with Crippen molar-refractivity contribution in [2.45, 2.75) is 26.3 Å². The summed E-state index contributed by atoms with van der Waals surface area (Å²) < 4.78 is 0. The fourth-order valence-corrected chi connectivity index (χ4v) is 3.39. The highest BCUT2D eigenvalue weighted by atomic mass is 15.3. The molecule has 1 aromatic rings. The van der Waals surface area contributed by atoms with E-state index in [1.807, 2.05) is 6.20 Å². The van der Waals surface area contributed by atoms with Gasteiger partial charge in [0.15, 0.2) is 5.82 Å². The normalized spacial score (nSPS) is 30.6. The summed E-state index contributed by atoms with van der Waals surface area (Å²) in [6.07, 6.45) is 1.81. The molecule has 0 spiro atoms. The van der Waals surface area contributed by atoms with Gasteiger partial charge in [0.1, 0.15) is 0 Å². The Morgan fingerprint density at radius 3 is 2.94 bits per heavy atom. The number of nitrogens with zero attached hydrogens (tertiary/aromatic N) is 3. The lowest BCUT2D eigenvalue weighted by Gasteiger charge is -2.36. The maximum Gasteiger partial charge on any atom is 0.151 e. The van der Waals surface area contributed by atoms with Gasteiger partial charge in [-0.3, -0.25) is 0 Å². The average Bonchev–Trinajstić information content (AvgIpc) is 2.81. The summed E-state index contributed by atoms with van der Waals surface area (Å²) in [7, 11) is 0. The second kappa shape index (κ2) is 3.67. The monoisotopic (exact) mass is 232 g/mol. The van der Waals surface area contributed by atoms with Crippen molar-refractivity contribution in [1.29, 1.82) is 0 Å². The smallest absolute Gasteiger partial charge is 0.151 e. The summed E-state index contributed by atoms with van der Waals surface area (Å²) in [6, 6.07) is 2.14. The summed E-state index contributed by atoms with van der Waals surface area (Å²) in [5.41, 5.74) is 1.36. The van der Waals surface area contributed by atoms with Crippen LogP contribution in [0.1, 0.15) is 19.4 Å². The van der Waals surface area contributed by atoms with Gasteiger partial charge in [0.2, 0.25) is 0 Å². The highest BCUT2D eigenvalue weighted by Gasteiger charge is 2.50. The van der Waals surface area contributed by atoms with Crippen LogP contribution in [0.15, 0.2) is 12.3 Å². The minimum atomic E-state index is 0.177. The van der Waals surface area contributed by atoms with E-state index in [1.165, 1.54) is 5.56 Å². The van der Waals surface area contributed by atoms with Crippen molar-refractivity contribution in [1.82, 2.24) is 15.5 Å². The largest absolute Gasteiger partial charge is 0.349 e. The Balaban J connectivity index is 1.94. The average molecular weight is 232 g/mol. The first-order valence-electron chi connectivity index (χ1n) is 6.37. The second-order valence-corrected chi connectivity index (χ2v) is 5.88. The van der Waals surface area contributed by atoms with Crippen LogP contribution in [0, 0.1) is 18.8 Å². The highest BCUT2D eigenvalue weighted by Crippen LogP contribution is 2.42. The molecule has 0 saturated carbocycles. The molecular weight excluding hydrogens is 212 g/mol. The minimum absolute atomic E-state index is 0.177. The first-order chi connectivity index (χ1) is 8.09. The van der Waals surface area contributed by atoms with Crippen LogP contribution in [0.25, 0.3) is 0 Å². The molecule has 2 aliphatic heterocycles. The van der Waals surface area contributed by atoms with Gasteiger partial charge >= 0.3 is 0 Å². The van der Waals surface area contributed by atoms with Crippen LogP contribution in [0.5, 0.6) is 0 Å². The van der Waals surface area contributed by atoms with E-state index in [9.17, 15) is 0 Å². The van der Waals surface area contributed by atoms with E-state index in [2.05, 4.69) is 47.3 Å². The van der Waals surface area contributed by atoms with Crippen molar-refractivity contribution in [2.24, 2.45) is 11.8 Å². The van der Waals surface area contributed by atoms with E-state index in [0.717, 1.165) is 37.3 Å². The molecule has 0 bridgehead atoms. The Bertz CT molecular complexity index is 429. The van der Waals surface area contributed by atoms with Crippen LogP contribution in [0.3, 0.4) is 0 Å². The van der Waals surface area contributed by atoms with Gasteiger partial charge < -0.3 is 10.2 Å². The standard InChI is InChI=1S/C13H20N4/c1-9-4-12(16-15-5-9)17-8-10-6-14-7-11(10)13(17,2)3/h4-5,10-11,14H,6-8H2,1-3H3. The zero-order valence-corrected chi connectivity index (χ0v) is 10.8. The molecular formula is C13H20N4. The van der Waals surface area contributed by atoms with E-state index >= 15 is 0 Å². The van der Waals surface area contributed by atoms with E-state index in [1.54, 1.807) is 0 Å². The summed E-state index contributed by atoms with van der Waals surface area (Å²) in [6.45, 7) is 10.1. The minimum Gasteiger partial charge on any atom is -0.349 e. The number of nitrogens with one attached hydrogen (secondary N) is 1. The molecule has 0 aliphatic carbocycles. The number of hydrogen-bond acceptors (Lipinski definition) is 4. The Morgan fingerprint density at radius 1 is 1.41 bits per heavy atom. The third-order valence-electron chi connectivity index (χ3n) is 4.41. The molecule has 0 amide bonds. The molecule has 0 radical (unpaired) electrons. The fourth-order valence-electron chi connectivity index (χ4n) is 3.39. The van der Waals surface area contributed by atoms with Gasteiger partial charge in [-0.2, -0.15) is 5.10 Å². The number of anilines is 1. The molecule has 2 atom stereocenters. The maximum absolute atomic E-state index is 4.30. The topological polar surface area (TPSA) is 41.1 Å². The molecule has 4 nitrogen and oxygen atoms in total. The van der Waals surface area contributed by atoms with E-state index in [0.29, 0.717) is 0 Å². The maximum atomic E-state index is 4.30. The summed E-state index contributed by atoms with van der Waals surface area (Å²) in [4.78, 5) is 2.43. The van der Waals surface area contributed by atoms with Crippen LogP contribution < -0.4 is 10.2 Å².